The number of carbonyl (C=O) groups is 1. The third kappa shape index (κ3) is 4.39. The minimum absolute atomic E-state index is 0.328. The maximum atomic E-state index is 13.4. The molecule has 17 heavy (non-hydrogen) atoms. The van der Waals surface area contributed by atoms with Crippen LogP contribution in [0.1, 0.15) is 30.9 Å². The Hall–Kier alpha value is -1.64. The molecule has 2 nitrogen and oxygen atoms in total. The molecule has 0 saturated heterocycles. The van der Waals surface area contributed by atoms with Crippen molar-refractivity contribution < 1.29 is 13.9 Å². The number of methoxy groups -OCH3 is 1. The maximum absolute atomic E-state index is 13.4. The fourth-order valence-corrected chi connectivity index (χ4v) is 1.48. The van der Waals surface area contributed by atoms with Gasteiger partial charge in [0.2, 0.25) is 0 Å². The number of halogens is 1. The molecule has 0 radical (unpaired) electrons. The third-order valence-electron chi connectivity index (χ3n) is 2.48. The van der Waals surface area contributed by atoms with E-state index in [2.05, 4.69) is 11.7 Å². The summed E-state index contributed by atoms with van der Waals surface area (Å²) < 4.78 is 17.9. The lowest BCUT2D eigenvalue weighted by molar-refractivity contribution is -0.134. The lowest BCUT2D eigenvalue weighted by Gasteiger charge is -2.03. The van der Waals surface area contributed by atoms with Gasteiger partial charge in [-0.15, -0.1) is 0 Å². The van der Waals surface area contributed by atoms with Gasteiger partial charge in [0.1, 0.15) is 5.82 Å². The predicted molar refractivity (Wildman–Crippen MR) is 66.1 cm³/mol. The Labute approximate surface area is 101 Å². The largest absolute Gasteiger partial charge is 0.466 e. The number of esters is 1. The van der Waals surface area contributed by atoms with Crippen LogP contribution in [0, 0.1) is 5.82 Å². The van der Waals surface area contributed by atoms with E-state index in [-0.39, 0.29) is 5.82 Å². The Morgan fingerprint density at radius 1 is 1.47 bits per heavy atom. The zero-order valence-electron chi connectivity index (χ0n) is 10.2. The van der Waals surface area contributed by atoms with Gasteiger partial charge in [-0.05, 0) is 36.6 Å². The second-order valence-electron chi connectivity index (χ2n) is 3.82. The number of unbranched alkanes of at least 4 members (excludes halogenated alkanes) is 1. The zero-order chi connectivity index (χ0) is 12.7. The molecule has 0 bridgehead atoms. The first-order valence-electron chi connectivity index (χ1n) is 5.71. The molecule has 0 aliphatic carbocycles. The second-order valence-corrected chi connectivity index (χ2v) is 3.82. The summed E-state index contributed by atoms with van der Waals surface area (Å²) in [5, 5.41) is 0. The summed E-state index contributed by atoms with van der Waals surface area (Å²) in [4.78, 5) is 10.9. The number of rotatable bonds is 5. The van der Waals surface area contributed by atoms with E-state index in [0.717, 1.165) is 24.8 Å². The molecule has 1 aromatic carbocycles. The number of ether oxygens (including phenoxy) is 1. The normalized spacial score (nSPS) is 10.8. The van der Waals surface area contributed by atoms with Crippen molar-refractivity contribution in [1.82, 2.24) is 0 Å². The molecular weight excluding hydrogens is 219 g/mol. The topological polar surface area (TPSA) is 26.3 Å². The predicted octanol–water partition coefficient (Wildman–Crippen LogP) is 3.35. The first-order chi connectivity index (χ1) is 8.17. The Kier molecular flexibility index (Phi) is 5.40. The van der Waals surface area contributed by atoms with E-state index in [9.17, 15) is 9.18 Å². The minimum atomic E-state index is -0.483. The van der Waals surface area contributed by atoms with E-state index in [1.165, 1.54) is 25.3 Å². The highest BCUT2D eigenvalue weighted by molar-refractivity contribution is 5.86. The fourth-order valence-electron chi connectivity index (χ4n) is 1.48. The van der Waals surface area contributed by atoms with Gasteiger partial charge in [-0.3, -0.25) is 0 Å². The van der Waals surface area contributed by atoms with Crippen molar-refractivity contribution in [3.8, 4) is 0 Å². The number of hydrogen-bond acceptors (Lipinski definition) is 2. The molecule has 0 N–H and O–H groups in total. The summed E-state index contributed by atoms with van der Waals surface area (Å²) in [5.41, 5.74) is 1.50. The molecule has 0 saturated carbocycles. The molecule has 0 spiro atoms. The standard InChI is InChI=1S/C14H17FO2/c1-3-4-5-11-6-8-13(15)12(10-11)7-9-14(16)17-2/h6-10H,3-5H2,1-2H3/b9-7+. The quantitative estimate of drug-likeness (QED) is 0.579. The van der Waals surface area contributed by atoms with Crippen LogP contribution in [0.3, 0.4) is 0 Å². The van der Waals surface area contributed by atoms with Crippen LogP contribution < -0.4 is 0 Å². The number of aryl methyl sites for hydroxylation is 1. The SMILES string of the molecule is CCCCc1ccc(F)c(/C=C/C(=O)OC)c1. The van der Waals surface area contributed by atoms with E-state index in [1.807, 2.05) is 0 Å². The van der Waals surface area contributed by atoms with Crippen LogP contribution in [0.4, 0.5) is 4.39 Å². The summed E-state index contributed by atoms with van der Waals surface area (Å²) in [5.74, 6) is -0.811. The van der Waals surface area contributed by atoms with E-state index in [4.69, 9.17) is 0 Å². The Bertz CT molecular complexity index is 411. The van der Waals surface area contributed by atoms with Crippen LogP contribution in [0.25, 0.3) is 6.08 Å². The van der Waals surface area contributed by atoms with Crippen molar-refractivity contribution in [3.63, 3.8) is 0 Å². The molecule has 0 unspecified atom stereocenters. The van der Waals surface area contributed by atoms with E-state index in [1.54, 1.807) is 12.1 Å². The van der Waals surface area contributed by atoms with Crippen LogP contribution in [0.15, 0.2) is 24.3 Å². The second kappa shape index (κ2) is 6.84. The van der Waals surface area contributed by atoms with Gasteiger partial charge < -0.3 is 4.74 Å². The van der Waals surface area contributed by atoms with Crippen LogP contribution in [-0.2, 0) is 16.0 Å². The lowest BCUT2D eigenvalue weighted by atomic mass is 10.0. The van der Waals surface area contributed by atoms with Crippen LogP contribution in [-0.4, -0.2) is 13.1 Å². The lowest BCUT2D eigenvalue weighted by Crippen LogP contribution is -1.94. The van der Waals surface area contributed by atoms with Gasteiger partial charge in [-0.2, -0.15) is 0 Å². The van der Waals surface area contributed by atoms with Gasteiger partial charge in [0.25, 0.3) is 0 Å². The summed E-state index contributed by atoms with van der Waals surface area (Å²) >= 11 is 0. The van der Waals surface area contributed by atoms with E-state index in [0.29, 0.717) is 5.56 Å². The third-order valence-corrected chi connectivity index (χ3v) is 2.48. The zero-order valence-corrected chi connectivity index (χ0v) is 10.2. The highest BCUT2D eigenvalue weighted by Gasteiger charge is 2.01. The molecule has 0 aromatic heterocycles. The smallest absolute Gasteiger partial charge is 0.330 e. The van der Waals surface area contributed by atoms with Gasteiger partial charge in [-0.1, -0.05) is 19.4 Å². The molecule has 0 aliphatic heterocycles. The van der Waals surface area contributed by atoms with Crippen molar-refractivity contribution in [2.75, 3.05) is 7.11 Å². The Morgan fingerprint density at radius 3 is 2.88 bits per heavy atom. The average molecular weight is 236 g/mol. The Morgan fingerprint density at radius 2 is 2.24 bits per heavy atom. The molecule has 1 rings (SSSR count). The molecule has 0 fully saturated rings. The van der Waals surface area contributed by atoms with Crippen LogP contribution >= 0.6 is 0 Å². The monoisotopic (exact) mass is 236 g/mol. The number of carbonyl (C=O) groups excluding carboxylic acids is 1. The molecule has 92 valence electrons. The van der Waals surface area contributed by atoms with Gasteiger partial charge in [-0.25, -0.2) is 9.18 Å². The molecule has 0 aliphatic rings. The number of hydrogen-bond donors (Lipinski definition) is 0. The first-order valence-corrected chi connectivity index (χ1v) is 5.71. The molecule has 0 amide bonds. The van der Waals surface area contributed by atoms with Crippen molar-refractivity contribution in [2.24, 2.45) is 0 Å². The Balaban J connectivity index is 2.83. The molecule has 0 atom stereocenters. The highest BCUT2D eigenvalue weighted by atomic mass is 19.1. The van der Waals surface area contributed by atoms with E-state index < -0.39 is 5.97 Å². The van der Waals surface area contributed by atoms with Crippen LogP contribution in [0.5, 0.6) is 0 Å². The fraction of sp³-hybridized carbons (Fsp3) is 0.357. The summed E-state index contributed by atoms with van der Waals surface area (Å²) in [6.45, 7) is 2.11. The van der Waals surface area contributed by atoms with Crippen molar-refractivity contribution in [2.45, 2.75) is 26.2 Å². The van der Waals surface area contributed by atoms with Gasteiger partial charge in [0.05, 0.1) is 7.11 Å². The molecule has 0 heterocycles. The van der Waals surface area contributed by atoms with Crippen LogP contribution in [0.2, 0.25) is 0 Å². The average Bonchev–Trinajstić information content (AvgIpc) is 2.35. The molecule has 3 heteroatoms. The summed E-state index contributed by atoms with van der Waals surface area (Å²) in [7, 11) is 1.29. The van der Waals surface area contributed by atoms with Crippen molar-refractivity contribution >= 4 is 12.0 Å². The summed E-state index contributed by atoms with van der Waals surface area (Å²) in [6.07, 6.45) is 5.77. The summed E-state index contributed by atoms with van der Waals surface area (Å²) in [6, 6.07) is 4.98. The highest BCUT2D eigenvalue weighted by Crippen LogP contribution is 2.14. The minimum Gasteiger partial charge on any atom is -0.466 e. The first kappa shape index (κ1) is 13.4. The molecular formula is C14H17FO2. The number of benzene rings is 1. The maximum Gasteiger partial charge on any atom is 0.330 e. The van der Waals surface area contributed by atoms with Crippen molar-refractivity contribution in [1.29, 1.82) is 0 Å². The van der Waals surface area contributed by atoms with Crippen molar-refractivity contribution in [3.05, 3.63) is 41.2 Å². The van der Waals surface area contributed by atoms with Gasteiger partial charge >= 0.3 is 5.97 Å². The van der Waals surface area contributed by atoms with E-state index >= 15 is 0 Å². The molecule has 1 aromatic rings. The van der Waals surface area contributed by atoms with Gasteiger partial charge in [0, 0.05) is 11.6 Å². The van der Waals surface area contributed by atoms with Gasteiger partial charge in [0.15, 0.2) is 0 Å².